The molecule has 2 fully saturated rings. The average Bonchev–Trinajstić information content (AvgIpc) is 3.25. The summed E-state index contributed by atoms with van der Waals surface area (Å²) >= 11 is 0. The Bertz CT molecular complexity index is 543. The standard InChI is InChI=1S/C19H27FN2O2/c20-17-7-5-16(6-8-17)19(15-3-1-2-4-15)21-18(24)12-22-10-9-14(11-22)13-23/h5-8,14-15,19,23H,1-4,9-13H2,(H,21,24). The lowest BCUT2D eigenvalue weighted by molar-refractivity contribution is -0.123. The molecule has 1 aromatic rings. The SMILES string of the molecule is O=C(CN1CCC(CO)C1)NC(c1ccc(F)cc1)C1CCCC1. The topological polar surface area (TPSA) is 52.6 Å². The van der Waals surface area contributed by atoms with Crippen LogP contribution in [-0.4, -0.2) is 42.2 Å². The van der Waals surface area contributed by atoms with Gasteiger partial charge in [-0.3, -0.25) is 9.69 Å². The Labute approximate surface area is 143 Å². The maximum atomic E-state index is 13.2. The maximum absolute atomic E-state index is 13.2. The molecule has 5 heteroatoms. The molecule has 1 aliphatic heterocycles. The third-order valence-corrected chi connectivity index (χ3v) is 5.41. The molecule has 1 saturated carbocycles. The van der Waals surface area contributed by atoms with Gasteiger partial charge in [-0.15, -0.1) is 0 Å². The lowest BCUT2D eigenvalue weighted by Gasteiger charge is -2.26. The van der Waals surface area contributed by atoms with Crippen molar-refractivity contribution in [3.8, 4) is 0 Å². The Balaban J connectivity index is 1.63. The van der Waals surface area contributed by atoms with E-state index in [0.29, 0.717) is 18.4 Å². The molecule has 132 valence electrons. The van der Waals surface area contributed by atoms with Crippen LogP contribution in [-0.2, 0) is 4.79 Å². The van der Waals surface area contributed by atoms with Gasteiger partial charge in [0, 0.05) is 13.2 Å². The van der Waals surface area contributed by atoms with Crippen LogP contribution in [0.25, 0.3) is 0 Å². The molecule has 1 aromatic carbocycles. The van der Waals surface area contributed by atoms with Gasteiger partial charge in [-0.2, -0.15) is 0 Å². The van der Waals surface area contributed by atoms with Gasteiger partial charge in [-0.1, -0.05) is 25.0 Å². The predicted octanol–water partition coefficient (Wildman–Crippen LogP) is 2.49. The fraction of sp³-hybridized carbons (Fsp3) is 0.632. The summed E-state index contributed by atoms with van der Waals surface area (Å²) in [4.78, 5) is 14.6. The fourth-order valence-electron chi connectivity index (χ4n) is 4.06. The lowest BCUT2D eigenvalue weighted by Crippen LogP contribution is -2.40. The minimum Gasteiger partial charge on any atom is -0.396 e. The number of benzene rings is 1. The van der Waals surface area contributed by atoms with E-state index in [0.717, 1.165) is 37.9 Å². The highest BCUT2D eigenvalue weighted by atomic mass is 19.1. The summed E-state index contributed by atoms with van der Waals surface area (Å²) in [5, 5.41) is 12.4. The van der Waals surface area contributed by atoms with Crippen molar-refractivity contribution in [3.05, 3.63) is 35.6 Å². The highest BCUT2D eigenvalue weighted by Crippen LogP contribution is 2.35. The van der Waals surface area contributed by atoms with E-state index >= 15 is 0 Å². The van der Waals surface area contributed by atoms with Gasteiger partial charge in [0.25, 0.3) is 0 Å². The third-order valence-electron chi connectivity index (χ3n) is 5.41. The molecule has 2 atom stereocenters. The number of hydrogen-bond acceptors (Lipinski definition) is 3. The number of nitrogens with zero attached hydrogens (tertiary/aromatic N) is 1. The van der Waals surface area contributed by atoms with Crippen LogP contribution < -0.4 is 5.32 Å². The second-order valence-corrected chi connectivity index (χ2v) is 7.21. The molecule has 24 heavy (non-hydrogen) atoms. The first-order valence-corrected chi connectivity index (χ1v) is 9.03. The molecular formula is C19H27FN2O2. The van der Waals surface area contributed by atoms with Crippen molar-refractivity contribution in [2.24, 2.45) is 11.8 Å². The Hall–Kier alpha value is -1.46. The number of aliphatic hydroxyl groups excluding tert-OH is 1. The van der Waals surface area contributed by atoms with Gasteiger partial charge in [0.05, 0.1) is 12.6 Å². The summed E-state index contributed by atoms with van der Waals surface area (Å²) in [6, 6.07) is 6.48. The van der Waals surface area contributed by atoms with Gasteiger partial charge < -0.3 is 10.4 Å². The van der Waals surface area contributed by atoms with Crippen molar-refractivity contribution in [1.82, 2.24) is 10.2 Å². The summed E-state index contributed by atoms with van der Waals surface area (Å²) in [5.41, 5.74) is 0.992. The normalized spacial score (nSPS) is 23.5. The van der Waals surface area contributed by atoms with Crippen molar-refractivity contribution in [2.75, 3.05) is 26.2 Å². The molecule has 1 saturated heterocycles. The Morgan fingerprint density at radius 2 is 1.96 bits per heavy atom. The minimum absolute atomic E-state index is 0.0230. The maximum Gasteiger partial charge on any atom is 0.234 e. The Morgan fingerprint density at radius 3 is 2.58 bits per heavy atom. The molecule has 0 bridgehead atoms. The summed E-state index contributed by atoms with van der Waals surface area (Å²) in [5.74, 6) is 0.501. The summed E-state index contributed by atoms with van der Waals surface area (Å²) < 4.78 is 13.2. The summed E-state index contributed by atoms with van der Waals surface area (Å²) in [7, 11) is 0. The van der Waals surface area contributed by atoms with E-state index in [2.05, 4.69) is 10.2 Å². The highest BCUT2D eigenvalue weighted by Gasteiger charge is 2.29. The summed E-state index contributed by atoms with van der Waals surface area (Å²) in [6.45, 7) is 2.22. The van der Waals surface area contributed by atoms with Crippen LogP contribution in [0.1, 0.15) is 43.7 Å². The number of carbonyl (C=O) groups excluding carboxylic acids is 1. The van der Waals surface area contributed by atoms with Crippen molar-refractivity contribution >= 4 is 5.91 Å². The largest absolute Gasteiger partial charge is 0.396 e. The zero-order valence-corrected chi connectivity index (χ0v) is 14.1. The van der Waals surface area contributed by atoms with Gasteiger partial charge in [-0.25, -0.2) is 4.39 Å². The molecule has 3 rings (SSSR count). The number of likely N-dealkylation sites (tertiary alicyclic amines) is 1. The second kappa shape index (κ2) is 8.08. The molecular weight excluding hydrogens is 307 g/mol. The summed E-state index contributed by atoms with van der Waals surface area (Å²) in [6.07, 6.45) is 5.57. The number of hydrogen-bond donors (Lipinski definition) is 2. The molecule has 2 aliphatic rings. The van der Waals surface area contributed by atoms with Crippen LogP contribution >= 0.6 is 0 Å². The van der Waals surface area contributed by atoms with E-state index in [9.17, 15) is 14.3 Å². The third kappa shape index (κ3) is 4.33. The molecule has 4 nitrogen and oxygen atoms in total. The zero-order valence-electron chi connectivity index (χ0n) is 14.1. The van der Waals surface area contributed by atoms with Crippen LogP contribution in [0.15, 0.2) is 24.3 Å². The number of rotatable bonds is 6. The number of amides is 1. The molecule has 0 radical (unpaired) electrons. The van der Waals surface area contributed by atoms with Gasteiger partial charge in [-0.05, 0) is 55.3 Å². The van der Waals surface area contributed by atoms with Crippen LogP contribution in [0.2, 0.25) is 0 Å². The van der Waals surface area contributed by atoms with Crippen LogP contribution in [0, 0.1) is 17.7 Å². The quantitative estimate of drug-likeness (QED) is 0.840. The first kappa shape index (κ1) is 17.4. The first-order chi connectivity index (χ1) is 11.7. The van der Waals surface area contributed by atoms with Crippen molar-refractivity contribution in [2.45, 2.75) is 38.1 Å². The highest BCUT2D eigenvalue weighted by molar-refractivity contribution is 5.78. The Morgan fingerprint density at radius 1 is 1.25 bits per heavy atom. The molecule has 0 aromatic heterocycles. The van der Waals surface area contributed by atoms with Crippen LogP contribution in [0.3, 0.4) is 0 Å². The van der Waals surface area contributed by atoms with Gasteiger partial charge in [0.2, 0.25) is 5.91 Å². The van der Waals surface area contributed by atoms with Gasteiger partial charge in [0.1, 0.15) is 5.82 Å². The Kier molecular flexibility index (Phi) is 5.85. The van der Waals surface area contributed by atoms with E-state index in [4.69, 9.17) is 0 Å². The lowest BCUT2D eigenvalue weighted by atomic mass is 9.91. The fourth-order valence-corrected chi connectivity index (χ4v) is 4.06. The molecule has 2 unspecified atom stereocenters. The number of nitrogens with one attached hydrogen (secondary N) is 1. The van der Waals surface area contributed by atoms with E-state index in [-0.39, 0.29) is 24.4 Å². The van der Waals surface area contributed by atoms with Crippen molar-refractivity contribution in [3.63, 3.8) is 0 Å². The smallest absolute Gasteiger partial charge is 0.234 e. The monoisotopic (exact) mass is 334 g/mol. The number of aliphatic hydroxyl groups is 1. The van der Waals surface area contributed by atoms with Gasteiger partial charge >= 0.3 is 0 Å². The van der Waals surface area contributed by atoms with Crippen LogP contribution in [0.4, 0.5) is 4.39 Å². The molecule has 1 heterocycles. The van der Waals surface area contributed by atoms with Crippen molar-refractivity contribution in [1.29, 1.82) is 0 Å². The molecule has 1 aliphatic carbocycles. The van der Waals surface area contributed by atoms with E-state index in [1.54, 1.807) is 12.1 Å². The van der Waals surface area contributed by atoms with E-state index in [1.165, 1.54) is 25.0 Å². The van der Waals surface area contributed by atoms with Crippen molar-refractivity contribution < 1.29 is 14.3 Å². The molecule has 1 amide bonds. The zero-order chi connectivity index (χ0) is 16.9. The molecule has 0 spiro atoms. The van der Waals surface area contributed by atoms with E-state index in [1.807, 2.05) is 0 Å². The van der Waals surface area contributed by atoms with Crippen LogP contribution in [0.5, 0.6) is 0 Å². The molecule has 2 N–H and O–H groups in total. The second-order valence-electron chi connectivity index (χ2n) is 7.21. The first-order valence-electron chi connectivity index (χ1n) is 9.03. The number of carbonyl (C=O) groups is 1. The van der Waals surface area contributed by atoms with E-state index < -0.39 is 0 Å². The van der Waals surface area contributed by atoms with Gasteiger partial charge in [0.15, 0.2) is 0 Å². The average molecular weight is 334 g/mol. The predicted molar refractivity (Wildman–Crippen MR) is 90.9 cm³/mol. The number of halogens is 1. The minimum atomic E-state index is -0.248.